The molecule has 2 rings (SSSR count). The van der Waals surface area contributed by atoms with Crippen molar-refractivity contribution >= 4 is 0 Å². The van der Waals surface area contributed by atoms with Gasteiger partial charge in [-0.2, -0.15) is 0 Å². The average molecular weight is 243 g/mol. The summed E-state index contributed by atoms with van der Waals surface area (Å²) >= 11 is 0. The topological polar surface area (TPSA) is 43.8 Å². The zero-order valence-electron chi connectivity index (χ0n) is 11.4. The second kappa shape index (κ2) is 5.36. The molecule has 0 amide bonds. The highest BCUT2D eigenvalue weighted by atomic mass is 15.1. The lowest BCUT2D eigenvalue weighted by atomic mass is 10.0. The zero-order chi connectivity index (χ0) is 13.1. The first-order chi connectivity index (χ1) is 8.63. The summed E-state index contributed by atoms with van der Waals surface area (Å²) in [6.07, 6.45) is 1.74. The summed E-state index contributed by atoms with van der Waals surface area (Å²) in [6, 6.07) is 8.48. The Morgan fingerprint density at radius 3 is 2.61 bits per heavy atom. The molecule has 0 unspecified atom stereocenters. The molecule has 18 heavy (non-hydrogen) atoms. The summed E-state index contributed by atoms with van der Waals surface area (Å²) in [5.41, 5.74) is 10.7. The van der Waals surface area contributed by atoms with E-state index in [9.17, 15) is 0 Å². The normalized spacial score (nSPS) is 10.9. The maximum atomic E-state index is 5.61. The largest absolute Gasteiger partial charge is 0.335 e. The molecule has 0 aliphatic heterocycles. The number of benzene rings is 1. The van der Waals surface area contributed by atoms with Crippen molar-refractivity contribution in [3.05, 3.63) is 52.6 Å². The molecule has 2 N–H and O–H groups in total. The van der Waals surface area contributed by atoms with Crippen LogP contribution in [0.15, 0.2) is 24.3 Å². The molecule has 0 aliphatic rings. The fourth-order valence-electron chi connectivity index (χ4n) is 2.21. The van der Waals surface area contributed by atoms with Gasteiger partial charge in [0.1, 0.15) is 5.82 Å². The van der Waals surface area contributed by atoms with Gasteiger partial charge in [-0.1, -0.05) is 24.3 Å². The SMILES string of the molecule is Cc1ccccc1Cc1nc(CCN)n(C)c1C. The Morgan fingerprint density at radius 2 is 1.94 bits per heavy atom. The van der Waals surface area contributed by atoms with Crippen LogP contribution in [0.25, 0.3) is 0 Å². The summed E-state index contributed by atoms with van der Waals surface area (Å²) < 4.78 is 2.15. The summed E-state index contributed by atoms with van der Waals surface area (Å²) in [6.45, 7) is 4.92. The van der Waals surface area contributed by atoms with Gasteiger partial charge in [0.25, 0.3) is 0 Å². The Bertz CT molecular complexity index is 541. The number of aryl methyl sites for hydroxylation is 1. The van der Waals surface area contributed by atoms with Crippen LogP contribution in [0.5, 0.6) is 0 Å². The molecule has 0 aliphatic carbocycles. The van der Waals surface area contributed by atoms with E-state index in [-0.39, 0.29) is 0 Å². The third kappa shape index (κ3) is 2.46. The van der Waals surface area contributed by atoms with Gasteiger partial charge in [-0.15, -0.1) is 0 Å². The van der Waals surface area contributed by atoms with Crippen molar-refractivity contribution in [2.24, 2.45) is 12.8 Å². The van der Waals surface area contributed by atoms with Crippen LogP contribution in [0.3, 0.4) is 0 Å². The highest BCUT2D eigenvalue weighted by Crippen LogP contribution is 2.17. The minimum atomic E-state index is 0.647. The number of nitrogens with zero attached hydrogens (tertiary/aromatic N) is 2. The highest BCUT2D eigenvalue weighted by Gasteiger charge is 2.11. The van der Waals surface area contributed by atoms with Crippen LogP contribution in [-0.4, -0.2) is 16.1 Å². The number of nitrogens with two attached hydrogens (primary N) is 1. The molecular weight excluding hydrogens is 222 g/mol. The molecule has 2 aromatic rings. The van der Waals surface area contributed by atoms with Crippen LogP contribution in [0.2, 0.25) is 0 Å². The second-order valence-corrected chi connectivity index (χ2v) is 4.76. The molecule has 0 atom stereocenters. The minimum Gasteiger partial charge on any atom is -0.335 e. The van der Waals surface area contributed by atoms with Gasteiger partial charge >= 0.3 is 0 Å². The van der Waals surface area contributed by atoms with Crippen LogP contribution < -0.4 is 5.73 Å². The molecule has 0 saturated carbocycles. The lowest BCUT2D eigenvalue weighted by Gasteiger charge is -2.04. The van der Waals surface area contributed by atoms with Gasteiger partial charge in [0, 0.05) is 25.6 Å². The van der Waals surface area contributed by atoms with E-state index in [0.29, 0.717) is 6.54 Å². The van der Waals surface area contributed by atoms with Crippen molar-refractivity contribution in [3.8, 4) is 0 Å². The number of rotatable bonds is 4. The van der Waals surface area contributed by atoms with Gasteiger partial charge in [0.05, 0.1) is 5.69 Å². The maximum Gasteiger partial charge on any atom is 0.110 e. The first kappa shape index (κ1) is 12.8. The predicted molar refractivity (Wildman–Crippen MR) is 74.7 cm³/mol. The third-order valence-electron chi connectivity index (χ3n) is 3.56. The lowest BCUT2D eigenvalue weighted by Crippen LogP contribution is -2.08. The molecule has 0 fully saturated rings. The van der Waals surface area contributed by atoms with Crippen molar-refractivity contribution in [2.45, 2.75) is 26.7 Å². The second-order valence-electron chi connectivity index (χ2n) is 4.76. The van der Waals surface area contributed by atoms with Crippen LogP contribution in [0.4, 0.5) is 0 Å². The third-order valence-corrected chi connectivity index (χ3v) is 3.56. The van der Waals surface area contributed by atoms with Gasteiger partial charge in [0.2, 0.25) is 0 Å². The molecular formula is C15H21N3. The Kier molecular flexibility index (Phi) is 3.82. The highest BCUT2D eigenvalue weighted by molar-refractivity contribution is 5.31. The zero-order valence-corrected chi connectivity index (χ0v) is 11.4. The first-order valence-corrected chi connectivity index (χ1v) is 6.39. The molecule has 1 heterocycles. The van der Waals surface area contributed by atoms with Crippen LogP contribution in [0, 0.1) is 13.8 Å². The Balaban J connectivity index is 2.30. The van der Waals surface area contributed by atoms with E-state index in [0.717, 1.165) is 24.4 Å². The minimum absolute atomic E-state index is 0.647. The van der Waals surface area contributed by atoms with E-state index < -0.39 is 0 Å². The summed E-state index contributed by atoms with van der Waals surface area (Å²) in [5, 5.41) is 0. The van der Waals surface area contributed by atoms with E-state index in [1.54, 1.807) is 0 Å². The molecule has 0 spiro atoms. The smallest absolute Gasteiger partial charge is 0.110 e. The fourth-order valence-corrected chi connectivity index (χ4v) is 2.21. The van der Waals surface area contributed by atoms with E-state index >= 15 is 0 Å². The Morgan fingerprint density at radius 1 is 1.22 bits per heavy atom. The molecule has 0 radical (unpaired) electrons. The van der Waals surface area contributed by atoms with Gasteiger partial charge in [-0.25, -0.2) is 4.98 Å². The van der Waals surface area contributed by atoms with Crippen LogP contribution in [0.1, 0.15) is 28.3 Å². The summed E-state index contributed by atoms with van der Waals surface area (Å²) in [4.78, 5) is 4.72. The molecule has 1 aromatic carbocycles. The number of hydrogen-bond acceptors (Lipinski definition) is 2. The van der Waals surface area contributed by atoms with Crippen molar-refractivity contribution in [1.29, 1.82) is 0 Å². The van der Waals surface area contributed by atoms with Crippen LogP contribution in [-0.2, 0) is 19.9 Å². The van der Waals surface area contributed by atoms with Crippen molar-refractivity contribution < 1.29 is 0 Å². The maximum absolute atomic E-state index is 5.61. The van der Waals surface area contributed by atoms with E-state index in [4.69, 9.17) is 10.7 Å². The van der Waals surface area contributed by atoms with Crippen molar-refractivity contribution in [2.75, 3.05) is 6.54 Å². The predicted octanol–water partition coefficient (Wildman–Crippen LogP) is 2.13. The van der Waals surface area contributed by atoms with E-state index in [1.807, 2.05) is 0 Å². The molecule has 3 nitrogen and oxygen atoms in total. The Labute approximate surface area is 109 Å². The standard InChI is InChI=1S/C15H21N3/c1-11-6-4-5-7-13(11)10-14-12(2)18(3)15(17-14)8-9-16/h4-7H,8-10,16H2,1-3H3. The van der Waals surface area contributed by atoms with Gasteiger partial charge in [-0.3, -0.25) is 0 Å². The lowest BCUT2D eigenvalue weighted by molar-refractivity contribution is 0.761. The quantitative estimate of drug-likeness (QED) is 0.894. The molecule has 0 bridgehead atoms. The van der Waals surface area contributed by atoms with Crippen molar-refractivity contribution in [1.82, 2.24) is 9.55 Å². The average Bonchev–Trinajstić information content (AvgIpc) is 2.61. The number of aromatic nitrogens is 2. The first-order valence-electron chi connectivity index (χ1n) is 6.39. The Hall–Kier alpha value is -1.61. The molecule has 0 saturated heterocycles. The summed E-state index contributed by atoms with van der Waals surface area (Å²) in [7, 11) is 2.06. The van der Waals surface area contributed by atoms with E-state index in [2.05, 4.69) is 49.7 Å². The van der Waals surface area contributed by atoms with Gasteiger partial charge in [0.15, 0.2) is 0 Å². The number of hydrogen-bond donors (Lipinski definition) is 1. The van der Waals surface area contributed by atoms with Gasteiger partial charge < -0.3 is 10.3 Å². The fraction of sp³-hybridized carbons (Fsp3) is 0.400. The van der Waals surface area contributed by atoms with Crippen LogP contribution >= 0.6 is 0 Å². The van der Waals surface area contributed by atoms with Gasteiger partial charge in [-0.05, 0) is 31.5 Å². The number of imidazole rings is 1. The molecule has 1 aromatic heterocycles. The van der Waals surface area contributed by atoms with E-state index in [1.165, 1.54) is 16.8 Å². The molecule has 3 heteroatoms. The van der Waals surface area contributed by atoms with Crippen molar-refractivity contribution in [3.63, 3.8) is 0 Å². The monoisotopic (exact) mass is 243 g/mol. The summed E-state index contributed by atoms with van der Waals surface area (Å²) in [5.74, 6) is 1.08. The molecule has 96 valence electrons.